The number of nitrogens with one attached hydrogen (secondary N) is 2. The topological polar surface area (TPSA) is 123 Å². The number of amides is 2. The molecule has 1 aliphatic carbocycles. The van der Waals surface area contributed by atoms with Gasteiger partial charge in [0.05, 0.1) is 6.33 Å². The van der Waals surface area contributed by atoms with E-state index in [2.05, 4.69) is 39.9 Å². The minimum atomic E-state index is -1.10. The van der Waals surface area contributed by atoms with Gasteiger partial charge in [0.25, 0.3) is 5.91 Å². The molecular weight excluding hydrogens is 448 g/mol. The number of fused-ring (bicyclic) bond motifs is 3. The maximum atomic E-state index is 12.3. The lowest BCUT2D eigenvalue weighted by Gasteiger charge is -2.16. The number of carbonyl (C=O) groups excluding carboxylic acids is 2. The van der Waals surface area contributed by atoms with Crippen molar-refractivity contribution in [3.8, 4) is 11.1 Å². The number of aromatic nitrogens is 2. The van der Waals surface area contributed by atoms with Gasteiger partial charge in [-0.2, -0.15) is 0 Å². The van der Waals surface area contributed by atoms with Gasteiger partial charge in [-0.05, 0) is 28.2 Å². The molecule has 2 aromatic carbocycles. The third-order valence-corrected chi connectivity index (χ3v) is 6.07. The van der Waals surface area contributed by atoms with E-state index >= 15 is 0 Å². The summed E-state index contributed by atoms with van der Waals surface area (Å²) < 4.78 is 7.16. The van der Waals surface area contributed by atoms with Crippen molar-refractivity contribution in [2.75, 3.05) is 13.2 Å². The number of ether oxygens (including phenoxy) is 1. The monoisotopic (exact) mass is 476 g/mol. The van der Waals surface area contributed by atoms with Gasteiger partial charge in [0, 0.05) is 25.2 Å². The first-order valence-electron chi connectivity index (χ1n) is 11.5. The molecule has 1 aliphatic rings. The highest BCUT2D eigenvalue weighted by Gasteiger charge is 2.29. The Kier molecular flexibility index (Phi) is 7.14. The molecule has 1 aromatic heterocycles. The third-order valence-electron chi connectivity index (χ3n) is 6.07. The molecule has 3 N–H and O–H groups in total. The Morgan fingerprint density at radius 2 is 1.69 bits per heavy atom. The highest BCUT2D eigenvalue weighted by molar-refractivity contribution is 5.94. The van der Waals surface area contributed by atoms with Crippen LogP contribution in [-0.4, -0.2) is 51.8 Å². The van der Waals surface area contributed by atoms with Crippen LogP contribution in [0.15, 0.2) is 61.1 Å². The summed E-state index contributed by atoms with van der Waals surface area (Å²) in [5, 5.41) is 14.4. The minimum Gasteiger partial charge on any atom is -0.480 e. The fourth-order valence-electron chi connectivity index (χ4n) is 4.26. The normalized spacial score (nSPS) is 13.1. The lowest BCUT2D eigenvalue weighted by Crippen LogP contribution is -2.44. The number of hydrogen-bond donors (Lipinski definition) is 3. The van der Waals surface area contributed by atoms with E-state index in [-0.39, 0.29) is 30.7 Å². The predicted octanol–water partition coefficient (Wildman–Crippen LogP) is 3.26. The first kappa shape index (κ1) is 24.0. The van der Waals surface area contributed by atoms with Crippen LogP contribution in [0.3, 0.4) is 0 Å². The largest absolute Gasteiger partial charge is 0.480 e. The van der Waals surface area contributed by atoms with Crippen LogP contribution >= 0.6 is 0 Å². The smallest absolute Gasteiger partial charge is 0.407 e. The van der Waals surface area contributed by atoms with Gasteiger partial charge < -0.3 is 25.0 Å². The lowest BCUT2D eigenvalue weighted by molar-refractivity contribution is -0.140. The van der Waals surface area contributed by atoms with Crippen molar-refractivity contribution in [3.63, 3.8) is 0 Å². The number of benzene rings is 2. The molecule has 1 atom stereocenters. The molecule has 1 unspecified atom stereocenters. The Morgan fingerprint density at radius 1 is 1.06 bits per heavy atom. The number of nitrogens with zero attached hydrogens (tertiary/aromatic N) is 2. The molecule has 2 amide bonds. The van der Waals surface area contributed by atoms with Crippen molar-refractivity contribution in [1.82, 2.24) is 20.2 Å². The molecule has 182 valence electrons. The molecule has 0 spiro atoms. The molecule has 0 saturated heterocycles. The summed E-state index contributed by atoms with van der Waals surface area (Å²) in [6, 6.07) is 15.3. The van der Waals surface area contributed by atoms with E-state index in [1.54, 1.807) is 18.4 Å². The molecule has 9 heteroatoms. The number of hydrogen-bond acceptors (Lipinski definition) is 5. The summed E-state index contributed by atoms with van der Waals surface area (Å²) in [5.41, 5.74) is 4.74. The number of aliphatic carboxylic acids is 1. The van der Waals surface area contributed by atoms with Gasteiger partial charge in [-0.3, -0.25) is 4.79 Å². The first-order chi connectivity index (χ1) is 16.8. The number of carboxylic acids is 1. The van der Waals surface area contributed by atoms with E-state index in [4.69, 9.17) is 4.74 Å². The Hall–Kier alpha value is -4.14. The first-order valence-corrected chi connectivity index (χ1v) is 11.5. The fraction of sp³-hybridized carbons (Fsp3) is 0.308. The molecule has 35 heavy (non-hydrogen) atoms. The van der Waals surface area contributed by atoms with Gasteiger partial charge in [-0.25, -0.2) is 14.6 Å². The average Bonchev–Trinajstić information content (AvgIpc) is 3.44. The maximum absolute atomic E-state index is 12.3. The molecule has 0 fully saturated rings. The zero-order valence-electron chi connectivity index (χ0n) is 19.6. The standard InChI is InChI=1S/C26H28N4O5/c1-16(2)23(25(32)33)29-24(31)22-13-30(15-28-22)12-11-27-26(34)35-14-21-19-9-5-3-7-17(19)18-8-4-6-10-20(18)21/h3-10,13,15-16,21,23H,11-12,14H2,1-2H3,(H,27,34)(H,29,31)(H,32,33). The second-order valence-corrected chi connectivity index (χ2v) is 8.78. The minimum absolute atomic E-state index is 0.0108. The SMILES string of the molecule is CC(C)C(NC(=O)c1cn(CCNC(=O)OCC2c3ccccc3-c3ccccc32)cn1)C(=O)O. The van der Waals surface area contributed by atoms with E-state index in [1.165, 1.54) is 23.7 Å². The van der Waals surface area contributed by atoms with Crippen LogP contribution in [0.1, 0.15) is 41.4 Å². The Labute approximate surface area is 203 Å². The van der Waals surface area contributed by atoms with Gasteiger partial charge in [-0.1, -0.05) is 62.4 Å². The van der Waals surface area contributed by atoms with Crippen molar-refractivity contribution in [2.45, 2.75) is 32.4 Å². The summed E-state index contributed by atoms with van der Waals surface area (Å²) in [7, 11) is 0. The summed E-state index contributed by atoms with van der Waals surface area (Å²) in [6.07, 6.45) is 2.44. The Morgan fingerprint density at radius 3 is 2.29 bits per heavy atom. The average molecular weight is 477 g/mol. The van der Waals surface area contributed by atoms with Gasteiger partial charge in [0.2, 0.25) is 0 Å². The van der Waals surface area contributed by atoms with Crippen LogP contribution in [-0.2, 0) is 16.1 Å². The van der Waals surface area contributed by atoms with Crippen LogP contribution in [0.2, 0.25) is 0 Å². The van der Waals surface area contributed by atoms with E-state index in [1.807, 2.05) is 24.3 Å². The molecule has 3 aromatic rings. The quantitative estimate of drug-likeness (QED) is 0.436. The van der Waals surface area contributed by atoms with E-state index in [9.17, 15) is 19.5 Å². The highest BCUT2D eigenvalue weighted by atomic mass is 16.5. The van der Waals surface area contributed by atoms with Crippen molar-refractivity contribution in [1.29, 1.82) is 0 Å². The summed E-state index contributed by atoms with van der Waals surface area (Å²) in [4.78, 5) is 39.9. The second-order valence-electron chi connectivity index (χ2n) is 8.78. The molecule has 4 rings (SSSR count). The number of rotatable bonds is 9. The van der Waals surface area contributed by atoms with Crippen LogP contribution in [0.25, 0.3) is 11.1 Å². The van der Waals surface area contributed by atoms with Crippen molar-refractivity contribution in [3.05, 3.63) is 77.9 Å². The molecule has 9 nitrogen and oxygen atoms in total. The second kappa shape index (κ2) is 10.4. The van der Waals surface area contributed by atoms with Gasteiger partial charge in [0.1, 0.15) is 18.3 Å². The fourth-order valence-corrected chi connectivity index (χ4v) is 4.26. The van der Waals surface area contributed by atoms with Gasteiger partial charge in [-0.15, -0.1) is 0 Å². The van der Waals surface area contributed by atoms with Crippen LogP contribution in [0, 0.1) is 5.92 Å². The third kappa shape index (κ3) is 5.34. The lowest BCUT2D eigenvalue weighted by atomic mass is 9.98. The van der Waals surface area contributed by atoms with Gasteiger partial charge >= 0.3 is 12.1 Å². The highest BCUT2D eigenvalue weighted by Crippen LogP contribution is 2.44. The zero-order chi connectivity index (χ0) is 24.9. The molecule has 0 radical (unpaired) electrons. The predicted molar refractivity (Wildman–Crippen MR) is 129 cm³/mol. The Bertz CT molecular complexity index is 1190. The number of imidazole rings is 1. The van der Waals surface area contributed by atoms with Crippen LogP contribution in [0.4, 0.5) is 4.79 Å². The number of carbonyl (C=O) groups is 3. The van der Waals surface area contributed by atoms with E-state index in [0.717, 1.165) is 11.1 Å². The summed E-state index contributed by atoms with van der Waals surface area (Å²) >= 11 is 0. The van der Waals surface area contributed by atoms with Crippen LogP contribution < -0.4 is 10.6 Å². The molecule has 0 bridgehead atoms. The summed E-state index contributed by atoms with van der Waals surface area (Å²) in [5.74, 6) is -1.93. The zero-order valence-corrected chi connectivity index (χ0v) is 19.6. The van der Waals surface area contributed by atoms with E-state index in [0.29, 0.717) is 6.54 Å². The van der Waals surface area contributed by atoms with E-state index < -0.39 is 24.0 Å². The molecular formula is C26H28N4O5. The van der Waals surface area contributed by atoms with Crippen LogP contribution in [0.5, 0.6) is 0 Å². The number of alkyl carbamates (subject to hydrolysis) is 1. The Balaban J connectivity index is 1.26. The number of carboxylic acid groups (broad SMARTS) is 1. The van der Waals surface area contributed by atoms with Crippen molar-refractivity contribution < 1.29 is 24.2 Å². The maximum Gasteiger partial charge on any atom is 0.407 e. The van der Waals surface area contributed by atoms with Crippen molar-refractivity contribution in [2.24, 2.45) is 5.92 Å². The molecule has 0 saturated carbocycles. The van der Waals surface area contributed by atoms with Gasteiger partial charge in [0.15, 0.2) is 0 Å². The summed E-state index contributed by atoms with van der Waals surface area (Å²) in [6.45, 7) is 4.31. The molecule has 1 heterocycles. The van der Waals surface area contributed by atoms with Crippen molar-refractivity contribution >= 4 is 18.0 Å². The molecule has 0 aliphatic heterocycles.